The number of rotatable bonds is 0. The Kier molecular flexibility index (Phi) is 3.71. The molecule has 0 aromatic rings. The first kappa shape index (κ1) is 16.9. The van der Waals surface area contributed by atoms with Crippen molar-refractivity contribution in [3.8, 4) is 0 Å². The van der Waals surface area contributed by atoms with Crippen molar-refractivity contribution in [2.45, 2.75) is 31.0 Å². The van der Waals surface area contributed by atoms with E-state index >= 15 is 0 Å². The zero-order valence-electron chi connectivity index (χ0n) is 9.71. The Morgan fingerprint density at radius 1 is 0.950 bits per heavy atom. The number of halogens is 9. The lowest BCUT2D eigenvalue weighted by atomic mass is 9.74. The molecule has 0 amide bonds. The molecule has 10 heteroatoms. The van der Waals surface area contributed by atoms with E-state index in [2.05, 4.69) is 0 Å². The topological polar surface area (TPSA) is 26.0 Å². The van der Waals surface area contributed by atoms with Crippen LogP contribution in [0.2, 0.25) is 0 Å². The van der Waals surface area contributed by atoms with E-state index in [1.165, 1.54) is 0 Å². The number of alkyl halides is 9. The van der Waals surface area contributed by atoms with Gasteiger partial charge in [0.2, 0.25) is 0 Å². The molecule has 1 aliphatic carbocycles. The molecule has 0 saturated carbocycles. The summed E-state index contributed by atoms with van der Waals surface area (Å²) in [4.78, 5) is 0. The maximum absolute atomic E-state index is 12.7. The number of allylic oxidation sites excluding steroid dienone is 2. The van der Waals surface area contributed by atoms with Crippen LogP contribution in [0.1, 0.15) is 6.92 Å². The molecule has 0 aromatic carbocycles. The summed E-state index contributed by atoms with van der Waals surface area (Å²) in [5.74, 6) is -3.09. The van der Waals surface area contributed by atoms with Crippen molar-refractivity contribution < 1.29 is 39.5 Å². The van der Waals surface area contributed by atoms with E-state index in [1.807, 2.05) is 0 Å². The van der Waals surface area contributed by atoms with Crippen molar-refractivity contribution in [1.29, 1.82) is 0 Å². The number of hydrogen-bond acceptors (Lipinski definition) is 1. The molecule has 0 aliphatic heterocycles. The molecule has 1 rings (SSSR count). The van der Waals surface area contributed by atoms with Crippen molar-refractivity contribution in [2.75, 3.05) is 0 Å². The Labute approximate surface area is 106 Å². The average molecular weight is 313 g/mol. The van der Waals surface area contributed by atoms with Crippen LogP contribution < -0.4 is 5.73 Å². The molecular formula is C10H8F9N. The van der Waals surface area contributed by atoms with Gasteiger partial charge in [0, 0.05) is 0 Å². The maximum Gasteiger partial charge on any atom is 0.416 e. The molecule has 2 unspecified atom stereocenters. The molecule has 0 aromatic heterocycles. The van der Waals surface area contributed by atoms with Gasteiger partial charge in [-0.3, -0.25) is 0 Å². The SMILES string of the molecule is CC1(N)C(C(F)(F)F)=CC(C(F)(F)F)=CC1C(F)(F)F. The van der Waals surface area contributed by atoms with Crippen molar-refractivity contribution in [3.05, 3.63) is 23.3 Å². The second-order valence-electron chi connectivity index (χ2n) is 4.48. The minimum absolute atomic E-state index is 0.324. The van der Waals surface area contributed by atoms with Crippen molar-refractivity contribution in [1.82, 2.24) is 0 Å². The molecule has 0 saturated heterocycles. The molecule has 20 heavy (non-hydrogen) atoms. The quantitative estimate of drug-likeness (QED) is 0.675. The van der Waals surface area contributed by atoms with Crippen LogP contribution in [0.25, 0.3) is 0 Å². The molecule has 0 bridgehead atoms. The van der Waals surface area contributed by atoms with Gasteiger partial charge in [0.05, 0.1) is 22.6 Å². The Bertz CT molecular complexity index is 447. The van der Waals surface area contributed by atoms with Crippen LogP contribution in [0.3, 0.4) is 0 Å². The van der Waals surface area contributed by atoms with Crippen LogP contribution in [-0.4, -0.2) is 24.1 Å². The van der Waals surface area contributed by atoms with Gasteiger partial charge in [-0.1, -0.05) is 6.08 Å². The van der Waals surface area contributed by atoms with Gasteiger partial charge in [0.1, 0.15) is 0 Å². The van der Waals surface area contributed by atoms with E-state index in [9.17, 15) is 39.5 Å². The third-order valence-electron chi connectivity index (χ3n) is 2.86. The second-order valence-corrected chi connectivity index (χ2v) is 4.48. The summed E-state index contributed by atoms with van der Waals surface area (Å²) >= 11 is 0. The Balaban J connectivity index is 3.52. The lowest BCUT2D eigenvalue weighted by Crippen LogP contribution is -2.56. The summed E-state index contributed by atoms with van der Waals surface area (Å²) in [5.41, 5.74) is -2.10. The molecule has 0 fully saturated rings. The summed E-state index contributed by atoms with van der Waals surface area (Å²) in [5, 5.41) is 0. The van der Waals surface area contributed by atoms with Crippen molar-refractivity contribution in [3.63, 3.8) is 0 Å². The Morgan fingerprint density at radius 3 is 1.70 bits per heavy atom. The number of hydrogen-bond donors (Lipinski definition) is 1. The first-order valence-electron chi connectivity index (χ1n) is 5.02. The highest BCUT2D eigenvalue weighted by Gasteiger charge is 2.58. The molecular weight excluding hydrogens is 305 g/mol. The van der Waals surface area contributed by atoms with Crippen LogP contribution >= 0.6 is 0 Å². The molecule has 2 N–H and O–H groups in total. The summed E-state index contributed by atoms with van der Waals surface area (Å²) < 4.78 is 113. The minimum Gasteiger partial charge on any atom is -0.321 e. The smallest absolute Gasteiger partial charge is 0.321 e. The summed E-state index contributed by atoms with van der Waals surface area (Å²) in [6.07, 6.45) is -16.8. The van der Waals surface area contributed by atoms with E-state index in [4.69, 9.17) is 5.73 Å². The van der Waals surface area contributed by atoms with E-state index in [0.29, 0.717) is 6.92 Å². The van der Waals surface area contributed by atoms with Crippen LogP contribution in [0.4, 0.5) is 39.5 Å². The second kappa shape index (κ2) is 4.40. The van der Waals surface area contributed by atoms with E-state index in [0.717, 1.165) is 0 Å². The summed E-state index contributed by atoms with van der Waals surface area (Å²) in [6.45, 7) is 0.397. The molecule has 116 valence electrons. The predicted molar refractivity (Wildman–Crippen MR) is 50.4 cm³/mol. The third-order valence-corrected chi connectivity index (χ3v) is 2.86. The van der Waals surface area contributed by atoms with Gasteiger partial charge in [-0.25, -0.2) is 0 Å². The summed E-state index contributed by atoms with van der Waals surface area (Å²) in [6, 6.07) is 0. The Morgan fingerprint density at radius 2 is 1.40 bits per heavy atom. The van der Waals surface area contributed by atoms with Gasteiger partial charge in [-0.15, -0.1) is 0 Å². The highest BCUT2D eigenvalue weighted by atomic mass is 19.4. The van der Waals surface area contributed by atoms with E-state index in [-0.39, 0.29) is 12.2 Å². The lowest BCUT2D eigenvalue weighted by molar-refractivity contribution is -0.182. The standard InChI is InChI=1S/C10H8F9N/c1-7(20)5(9(14,15)16)2-4(8(11,12)13)3-6(7)10(17,18)19/h2-3,5H,20H2,1H3. The normalized spacial score (nSPS) is 29.1. The fourth-order valence-corrected chi connectivity index (χ4v) is 1.88. The molecule has 0 spiro atoms. The highest BCUT2D eigenvalue weighted by molar-refractivity contribution is 5.42. The fraction of sp³-hybridized carbons (Fsp3) is 0.600. The van der Waals surface area contributed by atoms with Gasteiger partial charge >= 0.3 is 18.5 Å². The first-order chi connectivity index (χ1) is 8.58. The predicted octanol–water partition coefficient (Wildman–Crippen LogP) is 3.87. The van der Waals surface area contributed by atoms with E-state index < -0.39 is 41.1 Å². The van der Waals surface area contributed by atoms with Gasteiger partial charge in [-0.05, 0) is 13.0 Å². The third kappa shape index (κ3) is 3.10. The Hall–Kier alpha value is -1.19. The molecule has 1 aliphatic rings. The van der Waals surface area contributed by atoms with Crippen molar-refractivity contribution in [2.24, 2.45) is 11.7 Å². The summed E-state index contributed by atoms with van der Waals surface area (Å²) in [7, 11) is 0. The van der Waals surface area contributed by atoms with Crippen LogP contribution in [0, 0.1) is 5.92 Å². The fourth-order valence-electron chi connectivity index (χ4n) is 1.88. The number of nitrogens with two attached hydrogens (primary N) is 1. The molecule has 2 atom stereocenters. The van der Waals surface area contributed by atoms with Crippen molar-refractivity contribution >= 4 is 0 Å². The average Bonchev–Trinajstić information content (AvgIpc) is 2.09. The highest BCUT2D eigenvalue weighted by Crippen LogP contribution is 2.48. The van der Waals surface area contributed by atoms with Gasteiger partial charge in [0.25, 0.3) is 0 Å². The lowest BCUT2D eigenvalue weighted by Gasteiger charge is -2.39. The first-order valence-corrected chi connectivity index (χ1v) is 5.02. The molecule has 0 heterocycles. The molecule has 1 nitrogen and oxygen atoms in total. The van der Waals surface area contributed by atoms with Crippen LogP contribution in [0.15, 0.2) is 23.3 Å². The maximum atomic E-state index is 12.7. The minimum atomic E-state index is -5.40. The zero-order chi connectivity index (χ0) is 16.1. The largest absolute Gasteiger partial charge is 0.416 e. The monoisotopic (exact) mass is 313 g/mol. The van der Waals surface area contributed by atoms with Gasteiger partial charge in [-0.2, -0.15) is 39.5 Å². The zero-order valence-corrected chi connectivity index (χ0v) is 9.71. The van der Waals surface area contributed by atoms with Crippen LogP contribution in [-0.2, 0) is 0 Å². The van der Waals surface area contributed by atoms with Gasteiger partial charge < -0.3 is 5.73 Å². The van der Waals surface area contributed by atoms with Gasteiger partial charge in [0.15, 0.2) is 0 Å². The van der Waals surface area contributed by atoms with Crippen LogP contribution in [0.5, 0.6) is 0 Å². The van der Waals surface area contributed by atoms with E-state index in [1.54, 1.807) is 0 Å². The molecule has 0 radical (unpaired) electrons.